The molecule has 0 saturated carbocycles. The van der Waals surface area contributed by atoms with Crippen LogP contribution in [0.3, 0.4) is 0 Å². The van der Waals surface area contributed by atoms with E-state index in [1.54, 1.807) is 12.1 Å². The van der Waals surface area contributed by atoms with E-state index in [0.717, 1.165) is 16.8 Å². The van der Waals surface area contributed by atoms with Crippen molar-refractivity contribution in [2.75, 3.05) is 11.9 Å². The predicted molar refractivity (Wildman–Crippen MR) is 105 cm³/mol. The topological polar surface area (TPSA) is 90.1 Å². The minimum atomic E-state index is -0.364. The molecule has 0 spiro atoms. The van der Waals surface area contributed by atoms with Gasteiger partial charge in [0.2, 0.25) is 5.88 Å². The normalized spacial score (nSPS) is 10.9. The Labute approximate surface area is 165 Å². The molecule has 2 aromatic carbocycles. The monoisotopic (exact) mass is 392 g/mol. The number of nitrogens with one attached hydrogen (secondary N) is 1. The number of benzene rings is 2. The van der Waals surface area contributed by atoms with Crippen LogP contribution in [0.25, 0.3) is 22.4 Å². The Kier molecular flexibility index (Phi) is 4.90. The molecule has 0 fully saturated rings. The predicted octanol–water partition coefficient (Wildman–Crippen LogP) is 4.06. The Morgan fingerprint density at radius 1 is 1.14 bits per heavy atom. The van der Waals surface area contributed by atoms with Crippen LogP contribution in [-0.4, -0.2) is 27.6 Å². The third kappa shape index (κ3) is 3.91. The van der Waals surface area contributed by atoms with Gasteiger partial charge in [-0.05, 0) is 55.3 Å². The van der Waals surface area contributed by atoms with Crippen LogP contribution in [0.15, 0.2) is 53.3 Å². The summed E-state index contributed by atoms with van der Waals surface area (Å²) in [6.07, 6.45) is 1.26. The number of carbonyl (C=O) groups excluding carboxylic acids is 1. The highest BCUT2D eigenvalue weighted by atomic mass is 19.1. The van der Waals surface area contributed by atoms with E-state index in [1.165, 1.54) is 18.5 Å². The zero-order chi connectivity index (χ0) is 20.4. The molecule has 1 N–H and O–H groups in total. The number of aryl methyl sites for hydroxylation is 2. The number of hydrogen-bond donors (Lipinski definition) is 1. The Morgan fingerprint density at radius 3 is 2.72 bits per heavy atom. The lowest BCUT2D eigenvalue weighted by atomic mass is 10.1. The molecule has 0 aliphatic heterocycles. The summed E-state index contributed by atoms with van der Waals surface area (Å²) in [5.74, 6) is -0.533. The maximum Gasteiger partial charge on any atom is 0.265 e. The van der Waals surface area contributed by atoms with Crippen molar-refractivity contribution >= 4 is 22.7 Å². The van der Waals surface area contributed by atoms with Crippen molar-refractivity contribution in [3.8, 4) is 17.1 Å². The van der Waals surface area contributed by atoms with Crippen molar-refractivity contribution in [2.45, 2.75) is 13.8 Å². The second kappa shape index (κ2) is 7.67. The molecule has 0 unspecified atom stereocenters. The zero-order valence-electron chi connectivity index (χ0n) is 15.8. The summed E-state index contributed by atoms with van der Waals surface area (Å²) < 4.78 is 24.1. The maximum absolute atomic E-state index is 13.2. The number of nitrogens with zero attached hydrogens (tertiary/aromatic N) is 3. The third-order valence-corrected chi connectivity index (χ3v) is 4.36. The van der Waals surface area contributed by atoms with Crippen LogP contribution in [0.2, 0.25) is 0 Å². The molecule has 146 valence electrons. The van der Waals surface area contributed by atoms with Crippen LogP contribution >= 0.6 is 0 Å². The first kappa shape index (κ1) is 18.5. The Bertz CT molecular complexity index is 1190. The quantitative estimate of drug-likeness (QED) is 0.551. The van der Waals surface area contributed by atoms with Gasteiger partial charge in [0.05, 0.1) is 0 Å². The molecule has 0 aliphatic rings. The zero-order valence-corrected chi connectivity index (χ0v) is 15.8. The molecule has 0 aliphatic carbocycles. The van der Waals surface area contributed by atoms with Gasteiger partial charge < -0.3 is 14.6 Å². The van der Waals surface area contributed by atoms with Gasteiger partial charge in [-0.1, -0.05) is 17.3 Å². The number of ether oxygens (including phenoxy) is 1. The highest BCUT2D eigenvalue weighted by molar-refractivity contribution is 5.95. The van der Waals surface area contributed by atoms with E-state index in [9.17, 15) is 9.18 Å². The van der Waals surface area contributed by atoms with E-state index in [-0.39, 0.29) is 29.9 Å². The lowest BCUT2D eigenvalue weighted by Crippen LogP contribution is -2.21. The fourth-order valence-corrected chi connectivity index (χ4v) is 2.87. The average molecular weight is 392 g/mol. The summed E-state index contributed by atoms with van der Waals surface area (Å²) in [4.78, 5) is 20.5. The summed E-state index contributed by atoms with van der Waals surface area (Å²) in [6, 6.07) is 11.6. The smallest absolute Gasteiger partial charge is 0.265 e. The Balaban J connectivity index is 1.56. The van der Waals surface area contributed by atoms with E-state index in [0.29, 0.717) is 16.6 Å². The standard InChI is InChI=1S/C21H17FN4O3/c1-12-3-4-13(2)16(9-12)25-17(27)10-28-20-18-19(14-5-7-15(22)8-6-14)26-29-21(18)24-11-23-20/h3-9,11H,10H2,1-2H3,(H,25,27). The van der Waals surface area contributed by atoms with Gasteiger partial charge in [0.25, 0.3) is 11.6 Å². The Morgan fingerprint density at radius 2 is 1.93 bits per heavy atom. The number of halogens is 1. The van der Waals surface area contributed by atoms with Crippen molar-refractivity contribution in [1.82, 2.24) is 15.1 Å². The minimum Gasteiger partial charge on any atom is -0.467 e. The molecule has 0 bridgehead atoms. The van der Waals surface area contributed by atoms with Crippen LogP contribution in [0.1, 0.15) is 11.1 Å². The van der Waals surface area contributed by atoms with Crippen molar-refractivity contribution in [3.63, 3.8) is 0 Å². The Hall–Kier alpha value is -3.81. The first-order valence-corrected chi connectivity index (χ1v) is 8.87. The average Bonchev–Trinajstić information content (AvgIpc) is 3.14. The molecule has 2 heterocycles. The van der Waals surface area contributed by atoms with Gasteiger partial charge in [-0.3, -0.25) is 4.79 Å². The number of carbonyl (C=O) groups is 1. The summed E-state index contributed by atoms with van der Waals surface area (Å²) in [7, 11) is 0. The highest BCUT2D eigenvalue weighted by Gasteiger charge is 2.19. The first-order chi connectivity index (χ1) is 14.0. The molecular formula is C21H17FN4O3. The first-order valence-electron chi connectivity index (χ1n) is 8.87. The summed E-state index contributed by atoms with van der Waals surface area (Å²) in [5.41, 5.74) is 3.95. The van der Waals surface area contributed by atoms with Crippen molar-refractivity contribution in [2.24, 2.45) is 0 Å². The van der Waals surface area contributed by atoms with Crippen molar-refractivity contribution < 1.29 is 18.4 Å². The maximum atomic E-state index is 13.2. The number of hydrogen-bond acceptors (Lipinski definition) is 6. The molecule has 1 amide bonds. The van der Waals surface area contributed by atoms with Crippen LogP contribution in [0.4, 0.5) is 10.1 Å². The molecule has 7 nitrogen and oxygen atoms in total. The van der Waals surface area contributed by atoms with Gasteiger partial charge in [0.1, 0.15) is 23.2 Å². The molecule has 4 rings (SSSR count). The molecule has 8 heteroatoms. The lowest BCUT2D eigenvalue weighted by Gasteiger charge is -2.10. The van der Waals surface area contributed by atoms with Crippen LogP contribution in [-0.2, 0) is 4.79 Å². The number of aromatic nitrogens is 3. The molecular weight excluding hydrogens is 375 g/mol. The van der Waals surface area contributed by atoms with Gasteiger partial charge in [-0.15, -0.1) is 0 Å². The van der Waals surface area contributed by atoms with Gasteiger partial charge >= 0.3 is 0 Å². The van der Waals surface area contributed by atoms with Gasteiger partial charge in [-0.25, -0.2) is 9.37 Å². The number of amides is 1. The van der Waals surface area contributed by atoms with E-state index >= 15 is 0 Å². The van der Waals surface area contributed by atoms with E-state index in [4.69, 9.17) is 9.26 Å². The van der Waals surface area contributed by atoms with E-state index in [2.05, 4.69) is 20.4 Å². The minimum absolute atomic E-state index is 0.159. The molecule has 0 atom stereocenters. The second-order valence-corrected chi connectivity index (χ2v) is 6.55. The fraction of sp³-hybridized carbons (Fsp3) is 0.143. The van der Waals surface area contributed by atoms with Crippen LogP contribution < -0.4 is 10.1 Å². The van der Waals surface area contributed by atoms with Crippen molar-refractivity contribution in [1.29, 1.82) is 0 Å². The molecule has 29 heavy (non-hydrogen) atoms. The number of fused-ring (bicyclic) bond motifs is 1. The molecule has 4 aromatic rings. The third-order valence-electron chi connectivity index (χ3n) is 4.36. The van der Waals surface area contributed by atoms with E-state index < -0.39 is 0 Å². The summed E-state index contributed by atoms with van der Waals surface area (Å²) >= 11 is 0. The van der Waals surface area contributed by atoms with Gasteiger partial charge in [-0.2, -0.15) is 4.98 Å². The summed E-state index contributed by atoms with van der Waals surface area (Å²) in [5, 5.41) is 7.23. The van der Waals surface area contributed by atoms with E-state index in [1.807, 2.05) is 32.0 Å². The fourth-order valence-electron chi connectivity index (χ4n) is 2.87. The van der Waals surface area contributed by atoms with Crippen molar-refractivity contribution in [3.05, 3.63) is 65.7 Å². The van der Waals surface area contributed by atoms with Gasteiger partial charge in [0.15, 0.2) is 6.61 Å². The van der Waals surface area contributed by atoms with Gasteiger partial charge in [0, 0.05) is 11.3 Å². The lowest BCUT2D eigenvalue weighted by molar-refractivity contribution is -0.118. The van der Waals surface area contributed by atoms with Crippen LogP contribution in [0.5, 0.6) is 5.88 Å². The molecule has 0 saturated heterocycles. The molecule has 2 aromatic heterocycles. The second-order valence-electron chi connectivity index (χ2n) is 6.55. The molecule has 0 radical (unpaired) electrons. The van der Waals surface area contributed by atoms with Crippen LogP contribution in [0, 0.1) is 19.7 Å². The number of rotatable bonds is 5. The largest absolute Gasteiger partial charge is 0.467 e. The summed E-state index contributed by atoms with van der Waals surface area (Å²) in [6.45, 7) is 3.61. The SMILES string of the molecule is Cc1ccc(C)c(NC(=O)COc2ncnc3onc(-c4ccc(F)cc4)c23)c1. The highest BCUT2D eigenvalue weighted by Crippen LogP contribution is 2.32. The number of anilines is 1.